The molecule has 12 heavy (non-hydrogen) atoms. The van der Waals surface area contributed by atoms with Gasteiger partial charge in [0.1, 0.15) is 12.0 Å². The summed E-state index contributed by atoms with van der Waals surface area (Å²) < 4.78 is 4.92. The number of carbonyl (C=O) groups is 1. The fourth-order valence-electron chi connectivity index (χ4n) is 1.14. The highest BCUT2D eigenvalue weighted by molar-refractivity contribution is 5.61. The molecule has 0 fully saturated rings. The van der Waals surface area contributed by atoms with Crippen molar-refractivity contribution in [2.24, 2.45) is 5.92 Å². The summed E-state index contributed by atoms with van der Waals surface area (Å²) in [5.74, 6) is 0.106. The van der Waals surface area contributed by atoms with Gasteiger partial charge in [0.15, 0.2) is 0 Å². The van der Waals surface area contributed by atoms with Gasteiger partial charge in [0.05, 0.1) is 18.6 Å². The molecule has 0 aromatic heterocycles. The lowest BCUT2D eigenvalue weighted by Crippen LogP contribution is -2.34. The highest BCUT2D eigenvalue weighted by atomic mass is 16.5. The molecule has 3 nitrogen and oxygen atoms in total. The number of aliphatic hydroxyl groups is 1. The zero-order valence-corrected chi connectivity index (χ0v) is 7.15. The predicted molar refractivity (Wildman–Crippen MR) is 44.4 cm³/mol. The number of aldehydes is 1. The molecule has 0 heterocycles. The Hall–Kier alpha value is -1.09. The standard InChI is InChI=1S/C9H12O3/c1-9(11)5-8(12-2)4-3-7(9)6-10/h3-7,11H,1-2H3. The van der Waals surface area contributed by atoms with Crippen molar-refractivity contribution in [2.45, 2.75) is 12.5 Å². The molecule has 0 spiro atoms. The Morgan fingerprint density at radius 1 is 1.75 bits per heavy atom. The summed E-state index contributed by atoms with van der Waals surface area (Å²) >= 11 is 0. The quantitative estimate of drug-likeness (QED) is 0.616. The van der Waals surface area contributed by atoms with Gasteiger partial charge in [-0.2, -0.15) is 0 Å². The van der Waals surface area contributed by atoms with Crippen molar-refractivity contribution in [1.29, 1.82) is 0 Å². The molecule has 2 unspecified atom stereocenters. The molecule has 0 saturated carbocycles. The summed E-state index contributed by atoms with van der Waals surface area (Å²) in [6, 6.07) is 0. The van der Waals surface area contributed by atoms with E-state index in [1.54, 1.807) is 19.1 Å². The molecule has 0 aromatic rings. The normalized spacial score (nSPS) is 34.2. The average molecular weight is 168 g/mol. The molecule has 1 rings (SSSR count). The Bertz CT molecular complexity index is 238. The Labute approximate surface area is 71.3 Å². The smallest absolute Gasteiger partial charge is 0.130 e. The van der Waals surface area contributed by atoms with Crippen molar-refractivity contribution in [1.82, 2.24) is 0 Å². The molecule has 66 valence electrons. The van der Waals surface area contributed by atoms with Crippen molar-refractivity contribution in [3.05, 3.63) is 24.0 Å². The van der Waals surface area contributed by atoms with Crippen LogP contribution in [-0.4, -0.2) is 24.1 Å². The van der Waals surface area contributed by atoms with E-state index in [9.17, 15) is 9.90 Å². The zero-order valence-electron chi connectivity index (χ0n) is 7.15. The number of hydrogen-bond acceptors (Lipinski definition) is 3. The predicted octanol–water partition coefficient (Wildman–Crippen LogP) is 0.653. The maximum atomic E-state index is 10.5. The highest BCUT2D eigenvalue weighted by Crippen LogP contribution is 2.25. The van der Waals surface area contributed by atoms with Gasteiger partial charge in [-0.1, -0.05) is 6.08 Å². The molecule has 0 aliphatic heterocycles. The Morgan fingerprint density at radius 3 is 2.83 bits per heavy atom. The van der Waals surface area contributed by atoms with Gasteiger partial charge in [-0.05, 0) is 19.1 Å². The molecule has 0 bridgehead atoms. The minimum atomic E-state index is -1.12. The number of rotatable bonds is 2. The van der Waals surface area contributed by atoms with Crippen molar-refractivity contribution >= 4 is 6.29 Å². The van der Waals surface area contributed by atoms with Gasteiger partial charge < -0.3 is 14.6 Å². The maximum Gasteiger partial charge on any atom is 0.130 e. The van der Waals surface area contributed by atoms with Crippen LogP contribution in [0.4, 0.5) is 0 Å². The maximum absolute atomic E-state index is 10.5. The molecule has 2 atom stereocenters. The molecule has 1 aliphatic carbocycles. The third-order valence-corrected chi connectivity index (χ3v) is 1.96. The second-order valence-electron chi connectivity index (χ2n) is 3.00. The number of carbonyl (C=O) groups excluding carboxylic acids is 1. The lowest BCUT2D eigenvalue weighted by atomic mass is 9.86. The molecule has 0 aromatic carbocycles. The van der Waals surface area contributed by atoms with E-state index in [1.807, 2.05) is 0 Å². The molecule has 1 aliphatic rings. The molecule has 3 heteroatoms. The first-order valence-corrected chi connectivity index (χ1v) is 3.73. The van der Waals surface area contributed by atoms with Gasteiger partial charge in [0.2, 0.25) is 0 Å². The Morgan fingerprint density at radius 2 is 2.42 bits per heavy atom. The van der Waals surface area contributed by atoms with Gasteiger partial charge in [-0.15, -0.1) is 0 Å². The number of methoxy groups -OCH3 is 1. The largest absolute Gasteiger partial charge is 0.497 e. The SMILES string of the molecule is COC1=CC(C)(O)C(C=O)C=C1. The monoisotopic (exact) mass is 168 g/mol. The van der Waals surface area contributed by atoms with Gasteiger partial charge in [-0.3, -0.25) is 0 Å². The van der Waals surface area contributed by atoms with Crippen LogP contribution in [0.5, 0.6) is 0 Å². The van der Waals surface area contributed by atoms with Gasteiger partial charge in [0.25, 0.3) is 0 Å². The van der Waals surface area contributed by atoms with Crippen LogP contribution >= 0.6 is 0 Å². The average Bonchev–Trinajstić information content (AvgIpc) is 2.02. The van der Waals surface area contributed by atoms with Crippen LogP contribution in [0.1, 0.15) is 6.92 Å². The third-order valence-electron chi connectivity index (χ3n) is 1.96. The van der Waals surface area contributed by atoms with Crippen LogP contribution in [0, 0.1) is 5.92 Å². The molecule has 0 radical (unpaired) electrons. The first kappa shape index (κ1) is 9.00. The first-order valence-electron chi connectivity index (χ1n) is 3.73. The van der Waals surface area contributed by atoms with E-state index in [-0.39, 0.29) is 0 Å². The Kier molecular flexibility index (Phi) is 2.33. The van der Waals surface area contributed by atoms with Crippen LogP contribution in [0.25, 0.3) is 0 Å². The molecule has 0 saturated heterocycles. The van der Waals surface area contributed by atoms with E-state index in [2.05, 4.69) is 0 Å². The first-order chi connectivity index (χ1) is 5.60. The van der Waals surface area contributed by atoms with E-state index >= 15 is 0 Å². The van der Waals surface area contributed by atoms with E-state index in [0.717, 1.165) is 6.29 Å². The molecule has 0 amide bonds. The fourth-order valence-corrected chi connectivity index (χ4v) is 1.14. The molecular formula is C9H12O3. The van der Waals surface area contributed by atoms with Crippen LogP contribution in [0.2, 0.25) is 0 Å². The number of ether oxygens (including phenoxy) is 1. The van der Waals surface area contributed by atoms with E-state index in [4.69, 9.17) is 4.74 Å². The summed E-state index contributed by atoms with van der Waals surface area (Å²) in [6.07, 6.45) is 5.56. The van der Waals surface area contributed by atoms with E-state index < -0.39 is 11.5 Å². The van der Waals surface area contributed by atoms with Crippen molar-refractivity contribution in [3.63, 3.8) is 0 Å². The second-order valence-corrected chi connectivity index (χ2v) is 3.00. The lowest BCUT2D eigenvalue weighted by molar-refractivity contribution is -0.114. The van der Waals surface area contributed by atoms with E-state index in [1.165, 1.54) is 13.2 Å². The Balaban J connectivity index is 2.90. The van der Waals surface area contributed by atoms with Crippen LogP contribution in [0.15, 0.2) is 24.0 Å². The topological polar surface area (TPSA) is 46.5 Å². The summed E-state index contributed by atoms with van der Waals surface area (Å²) in [5, 5.41) is 9.70. The van der Waals surface area contributed by atoms with Crippen LogP contribution < -0.4 is 0 Å². The van der Waals surface area contributed by atoms with Crippen molar-refractivity contribution in [2.75, 3.05) is 7.11 Å². The summed E-state index contributed by atoms with van der Waals surface area (Å²) in [4.78, 5) is 10.5. The van der Waals surface area contributed by atoms with Gasteiger partial charge >= 0.3 is 0 Å². The lowest BCUT2D eigenvalue weighted by Gasteiger charge is -2.27. The fraction of sp³-hybridized carbons (Fsp3) is 0.444. The second kappa shape index (κ2) is 3.11. The molecule has 1 N–H and O–H groups in total. The summed E-state index contributed by atoms with van der Waals surface area (Å²) in [6.45, 7) is 1.58. The van der Waals surface area contributed by atoms with Crippen LogP contribution in [-0.2, 0) is 9.53 Å². The minimum Gasteiger partial charge on any atom is -0.497 e. The van der Waals surface area contributed by atoms with E-state index in [0.29, 0.717) is 5.76 Å². The van der Waals surface area contributed by atoms with Crippen molar-refractivity contribution < 1.29 is 14.6 Å². The minimum absolute atomic E-state index is 0.476. The van der Waals surface area contributed by atoms with Gasteiger partial charge in [-0.25, -0.2) is 0 Å². The molecular weight excluding hydrogens is 156 g/mol. The van der Waals surface area contributed by atoms with Crippen LogP contribution in [0.3, 0.4) is 0 Å². The summed E-state index contributed by atoms with van der Waals surface area (Å²) in [5.41, 5.74) is -1.12. The van der Waals surface area contributed by atoms with Gasteiger partial charge in [0, 0.05) is 0 Å². The van der Waals surface area contributed by atoms with Crippen molar-refractivity contribution in [3.8, 4) is 0 Å². The highest BCUT2D eigenvalue weighted by Gasteiger charge is 2.30. The number of hydrogen-bond donors (Lipinski definition) is 1. The third kappa shape index (κ3) is 1.56. The zero-order chi connectivity index (χ0) is 9.19. The number of allylic oxidation sites excluding steroid dienone is 1. The summed E-state index contributed by atoms with van der Waals surface area (Å²) in [7, 11) is 1.52.